The van der Waals surface area contributed by atoms with Gasteiger partial charge in [0.2, 0.25) is 0 Å². The number of amides is 1. The molecular formula is C15H17N3O2. The van der Waals surface area contributed by atoms with Crippen molar-refractivity contribution < 1.29 is 9.90 Å². The Kier molecular flexibility index (Phi) is 3.06. The molecule has 2 unspecified atom stereocenters. The Morgan fingerprint density at radius 1 is 1.45 bits per heavy atom. The van der Waals surface area contributed by atoms with Crippen molar-refractivity contribution in [2.24, 2.45) is 7.05 Å². The van der Waals surface area contributed by atoms with E-state index in [1.54, 1.807) is 17.8 Å². The molecule has 5 nitrogen and oxygen atoms in total. The number of rotatable bonds is 2. The minimum atomic E-state index is -0.582. The first-order chi connectivity index (χ1) is 9.56. The highest BCUT2D eigenvalue weighted by atomic mass is 16.3. The van der Waals surface area contributed by atoms with Gasteiger partial charge in [-0.25, -0.2) is 0 Å². The summed E-state index contributed by atoms with van der Waals surface area (Å²) in [5, 5.41) is 17.2. The van der Waals surface area contributed by atoms with Gasteiger partial charge in [0.25, 0.3) is 5.91 Å². The number of benzene rings is 1. The highest BCUT2D eigenvalue weighted by molar-refractivity contribution is 5.92. The number of aliphatic hydroxyl groups is 1. The molecule has 0 saturated carbocycles. The number of fused-ring (bicyclic) bond motifs is 1. The van der Waals surface area contributed by atoms with Gasteiger partial charge in [0.1, 0.15) is 5.69 Å². The second-order valence-electron chi connectivity index (χ2n) is 5.22. The number of hydrogen-bond acceptors (Lipinski definition) is 3. The van der Waals surface area contributed by atoms with Gasteiger partial charge in [0, 0.05) is 19.2 Å². The van der Waals surface area contributed by atoms with E-state index in [2.05, 4.69) is 10.4 Å². The molecule has 20 heavy (non-hydrogen) atoms. The molecule has 1 aromatic heterocycles. The summed E-state index contributed by atoms with van der Waals surface area (Å²) in [6.07, 6.45) is -0.0105. The van der Waals surface area contributed by atoms with E-state index in [4.69, 9.17) is 0 Å². The second-order valence-corrected chi connectivity index (χ2v) is 5.22. The monoisotopic (exact) mass is 271 g/mol. The molecule has 0 aliphatic heterocycles. The zero-order valence-corrected chi connectivity index (χ0v) is 11.5. The van der Waals surface area contributed by atoms with Crippen LogP contribution in [0.3, 0.4) is 0 Å². The quantitative estimate of drug-likeness (QED) is 0.860. The number of carbonyl (C=O) groups is 1. The summed E-state index contributed by atoms with van der Waals surface area (Å²) in [5.41, 5.74) is 3.37. The minimum Gasteiger partial charge on any atom is -0.390 e. The van der Waals surface area contributed by atoms with Gasteiger partial charge in [-0.2, -0.15) is 5.10 Å². The molecule has 0 spiro atoms. The fourth-order valence-corrected chi connectivity index (χ4v) is 2.63. The number of carbonyl (C=O) groups excluding carboxylic acids is 1. The summed E-state index contributed by atoms with van der Waals surface area (Å²) >= 11 is 0. The highest BCUT2D eigenvalue weighted by Gasteiger charge is 2.32. The van der Waals surface area contributed by atoms with Crippen molar-refractivity contribution in [2.45, 2.75) is 25.5 Å². The van der Waals surface area contributed by atoms with Crippen LogP contribution in [-0.4, -0.2) is 26.9 Å². The molecule has 0 fully saturated rings. The van der Waals surface area contributed by atoms with Crippen LogP contribution in [0.5, 0.6) is 0 Å². The second kappa shape index (κ2) is 4.76. The lowest BCUT2D eigenvalue weighted by Crippen LogP contribution is -2.34. The van der Waals surface area contributed by atoms with Gasteiger partial charge < -0.3 is 10.4 Å². The zero-order chi connectivity index (χ0) is 14.3. The van der Waals surface area contributed by atoms with Gasteiger partial charge in [-0.3, -0.25) is 9.48 Å². The Morgan fingerprint density at radius 2 is 2.20 bits per heavy atom. The average molecular weight is 271 g/mol. The van der Waals surface area contributed by atoms with E-state index in [1.807, 2.05) is 31.2 Å². The normalized spacial score (nSPS) is 20.8. The summed E-state index contributed by atoms with van der Waals surface area (Å²) in [5.74, 6) is -0.255. The average Bonchev–Trinajstić information content (AvgIpc) is 2.91. The van der Waals surface area contributed by atoms with Crippen LogP contribution in [-0.2, 0) is 13.5 Å². The maximum absolute atomic E-state index is 12.2. The molecule has 2 atom stereocenters. The maximum atomic E-state index is 12.2. The fourth-order valence-electron chi connectivity index (χ4n) is 2.63. The molecule has 1 aromatic carbocycles. The predicted molar refractivity (Wildman–Crippen MR) is 74.3 cm³/mol. The molecule has 104 valence electrons. The van der Waals surface area contributed by atoms with Crippen molar-refractivity contribution in [2.75, 3.05) is 0 Å². The standard InChI is InChI=1S/C15H17N3O2/c1-9-7-12(17-18(9)2)15(20)16-14-11-6-4-3-5-10(11)8-13(14)19/h3-7,13-14,19H,8H2,1-2H3,(H,16,20). The van der Waals surface area contributed by atoms with Crippen LogP contribution in [0, 0.1) is 6.92 Å². The van der Waals surface area contributed by atoms with Crippen LogP contribution in [0.25, 0.3) is 0 Å². The Labute approximate surface area is 117 Å². The lowest BCUT2D eigenvalue weighted by Gasteiger charge is -2.17. The van der Waals surface area contributed by atoms with Crippen molar-refractivity contribution >= 4 is 5.91 Å². The van der Waals surface area contributed by atoms with Gasteiger partial charge in [0.05, 0.1) is 12.1 Å². The van der Waals surface area contributed by atoms with Crippen molar-refractivity contribution in [3.05, 3.63) is 52.8 Å². The van der Waals surface area contributed by atoms with E-state index in [9.17, 15) is 9.90 Å². The molecule has 0 saturated heterocycles. The smallest absolute Gasteiger partial charge is 0.272 e. The fraction of sp³-hybridized carbons (Fsp3) is 0.333. The molecule has 5 heteroatoms. The molecule has 2 aromatic rings. The van der Waals surface area contributed by atoms with Crippen molar-refractivity contribution in [1.82, 2.24) is 15.1 Å². The van der Waals surface area contributed by atoms with Crippen LogP contribution >= 0.6 is 0 Å². The molecular weight excluding hydrogens is 254 g/mol. The number of aliphatic hydroxyl groups excluding tert-OH is 1. The number of aryl methyl sites for hydroxylation is 2. The van der Waals surface area contributed by atoms with E-state index in [0.717, 1.165) is 16.8 Å². The number of nitrogens with zero attached hydrogens (tertiary/aromatic N) is 2. The summed E-state index contributed by atoms with van der Waals surface area (Å²) in [7, 11) is 1.80. The predicted octanol–water partition coefficient (Wildman–Crippen LogP) is 1.12. The third kappa shape index (κ3) is 2.10. The lowest BCUT2D eigenvalue weighted by atomic mass is 10.1. The minimum absolute atomic E-state index is 0.255. The summed E-state index contributed by atoms with van der Waals surface area (Å²) in [6.45, 7) is 1.89. The zero-order valence-electron chi connectivity index (χ0n) is 11.5. The topological polar surface area (TPSA) is 67.2 Å². The van der Waals surface area contributed by atoms with Crippen LogP contribution in [0.1, 0.15) is 33.4 Å². The Hall–Kier alpha value is -2.14. The largest absolute Gasteiger partial charge is 0.390 e. The molecule has 1 aliphatic rings. The van der Waals surface area contributed by atoms with Gasteiger partial charge in [0.15, 0.2) is 0 Å². The SMILES string of the molecule is Cc1cc(C(=O)NC2c3ccccc3CC2O)nn1C. The highest BCUT2D eigenvalue weighted by Crippen LogP contribution is 2.31. The van der Waals surface area contributed by atoms with Crippen molar-refractivity contribution in [1.29, 1.82) is 0 Å². The van der Waals surface area contributed by atoms with Gasteiger partial charge in [-0.15, -0.1) is 0 Å². The lowest BCUT2D eigenvalue weighted by molar-refractivity contribution is 0.0852. The Balaban J connectivity index is 1.83. The van der Waals surface area contributed by atoms with E-state index in [0.29, 0.717) is 12.1 Å². The van der Waals surface area contributed by atoms with Crippen molar-refractivity contribution in [3.8, 4) is 0 Å². The molecule has 1 amide bonds. The van der Waals surface area contributed by atoms with E-state index in [-0.39, 0.29) is 11.9 Å². The molecule has 1 aliphatic carbocycles. The van der Waals surface area contributed by atoms with Crippen LogP contribution < -0.4 is 5.32 Å². The molecule has 0 radical (unpaired) electrons. The van der Waals surface area contributed by atoms with Gasteiger partial charge in [-0.05, 0) is 24.1 Å². The molecule has 1 heterocycles. The summed E-state index contributed by atoms with van der Waals surface area (Å²) in [4.78, 5) is 12.2. The van der Waals surface area contributed by atoms with Crippen LogP contribution in [0.4, 0.5) is 0 Å². The first-order valence-corrected chi connectivity index (χ1v) is 6.63. The Bertz CT molecular complexity index is 643. The third-order valence-electron chi connectivity index (χ3n) is 3.84. The van der Waals surface area contributed by atoms with E-state index >= 15 is 0 Å². The van der Waals surface area contributed by atoms with Crippen LogP contribution in [0.2, 0.25) is 0 Å². The van der Waals surface area contributed by atoms with E-state index in [1.165, 1.54) is 0 Å². The third-order valence-corrected chi connectivity index (χ3v) is 3.84. The summed E-state index contributed by atoms with van der Waals surface area (Å²) in [6, 6.07) is 9.16. The summed E-state index contributed by atoms with van der Waals surface area (Å²) < 4.78 is 1.66. The molecule has 2 N–H and O–H groups in total. The van der Waals surface area contributed by atoms with Crippen molar-refractivity contribution in [3.63, 3.8) is 0 Å². The number of aromatic nitrogens is 2. The first kappa shape index (κ1) is 12.9. The van der Waals surface area contributed by atoms with Gasteiger partial charge in [-0.1, -0.05) is 24.3 Å². The maximum Gasteiger partial charge on any atom is 0.272 e. The Morgan fingerprint density at radius 3 is 2.90 bits per heavy atom. The van der Waals surface area contributed by atoms with Crippen LogP contribution in [0.15, 0.2) is 30.3 Å². The molecule has 3 rings (SSSR count). The van der Waals surface area contributed by atoms with Gasteiger partial charge >= 0.3 is 0 Å². The van der Waals surface area contributed by atoms with E-state index < -0.39 is 6.10 Å². The first-order valence-electron chi connectivity index (χ1n) is 6.63. The number of hydrogen-bond donors (Lipinski definition) is 2. The number of nitrogens with one attached hydrogen (secondary N) is 1. The molecule has 0 bridgehead atoms.